The molecule has 1 fully saturated rings. The van der Waals surface area contributed by atoms with Crippen LogP contribution in [0.3, 0.4) is 0 Å². The average molecular weight is 373 g/mol. The molecule has 5 nitrogen and oxygen atoms in total. The van der Waals surface area contributed by atoms with Gasteiger partial charge in [0, 0.05) is 29.6 Å². The molecule has 1 atom stereocenters. The summed E-state index contributed by atoms with van der Waals surface area (Å²) in [5.74, 6) is 0.562. The van der Waals surface area contributed by atoms with Gasteiger partial charge in [-0.05, 0) is 65.7 Å². The van der Waals surface area contributed by atoms with Gasteiger partial charge in [-0.1, -0.05) is 0 Å². The number of carbonyl (C=O) groups excluding carboxylic acids is 1. The zero-order valence-electron chi connectivity index (χ0n) is 16.7. The van der Waals surface area contributed by atoms with Gasteiger partial charge < -0.3 is 15.0 Å². The van der Waals surface area contributed by atoms with E-state index in [1.54, 1.807) is 13.0 Å². The lowest BCUT2D eigenvalue weighted by Crippen LogP contribution is -2.34. The number of aromatic nitrogens is 1. The number of aryl methyl sites for hydroxylation is 1. The fraction of sp³-hybridized carbons (Fsp3) is 0.524. The Bertz CT molecular complexity index is 855. The van der Waals surface area contributed by atoms with Crippen molar-refractivity contribution in [2.75, 3.05) is 18.0 Å². The summed E-state index contributed by atoms with van der Waals surface area (Å²) in [5, 5.41) is 3.77. The Morgan fingerprint density at radius 1 is 1.30 bits per heavy atom. The molecule has 1 saturated heterocycles. The summed E-state index contributed by atoms with van der Waals surface area (Å²) in [5.41, 5.74) is 1.58. The highest BCUT2D eigenvalue weighted by Gasteiger charge is 2.24. The van der Waals surface area contributed by atoms with E-state index in [1.165, 1.54) is 6.07 Å². The average Bonchev–Trinajstić information content (AvgIpc) is 3.10. The lowest BCUT2D eigenvalue weighted by atomic mass is 10.0. The molecule has 1 aliphatic heterocycles. The second-order valence-electron chi connectivity index (χ2n) is 8.21. The van der Waals surface area contributed by atoms with Gasteiger partial charge in [0.25, 0.3) is 0 Å². The first-order valence-corrected chi connectivity index (χ1v) is 9.50. The van der Waals surface area contributed by atoms with Crippen LogP contribution in [0.2, 0.25) is 0 Å². The third kappa shape index (κ3) is 4.31. The van der Waals surface area contributed by atoms with Gasteiger partial charge in [-0.15, -0.1) is 0 Å². The van der Waals surface area contributed by atoms with E-state index in [2.05, 4.69) is 10.2 Å². The maximum absolute atomic E-state index is 14.0. The van der Waals surface area contributed by atoms with Gasteiger partial charge in [0.1, 0.15) is 17.2 Å². The molecule has 1 amide bonds. The first-order valence-electron chi connectivity index (χ1n) is 9.50. The molecule has 6 heteroatoms. The van der Waals surface area contributed by atoms with E-state index >= 15 is 0 Å². The van der Waals surface area contributed by atoms with Gasteiger partial charge >= 0.3 is 6.09 Å². The maximum atomic E-state index is 14.0. The predicted molar refractivity (Wildman–Crippen MR) is 106 cm³/mol. The van der Waals surface area contributed by atoms with Crippen LogP contribution in [0.1, 0.15) is 57.7 Å². The molecular weight excluding hydrogens is 345 g/mol. The number of fused-ring (bicyclic) bond motifs is 1. The van der Waals surface area contributed by atoms with Gasteiger partial charge in [-0.3, -0.25) is 0 Å². The second-order valence-corrected chi connectivity index (χ2v) is 8.21. The number of amides is 1. The molecule has 0 spiro atoms. The SMILES string of the molecule is Cc1c(F)ccc2cc(C(C)NC(=O)OC(C)(C)C)c(N3CCCC3)nc12. The number of pyridine rings is 1. The summed E-state index contributed by atoms with van der Waals surface area (Å²) in [6.07, 6.45) is 1.75. The van der Waals surface area contributed by atoms with Crippen LogP contribution in [0.4, 0.5) is 15.0 Å². The van der Waals surface area contributed by atoms with E-state index in [0.717, 1.165) is 42.7 Å². The quantitative estimate of drug-likeness (QED) is 0.834. The molecule has 1 aromatic carbocycles. The first-order chi connectivity index (χ1) is 12.7. The third-order valence-electron chi connectivity index (χ3n) is 4.79. The van der Waals surface area contributed by atoms with Crippen molar-refractivity contribution in [3.63, 3.8) is 0 Å². The predicted octanol–water partition coefficient (Wildman–Crippen LogP) is 4.87. The van der Waals surface area contributed by atoms with Crippen molar-refractivity contribution in [2.45, 2.75) is 59.1 Å². The highest BCUT2D eigenvalue weighted by atomic mass is 19.1. The third-order valence-corrected chi connectivity index (χ3v) is 4.79. The van der Waals surface area contributed by atoms with Crippen molar-refractivity contribution >= 4 is 22.8 Å². The van der Waals surface area contributed by atoms with E-state index in [0.29, 0.717) is 11.1 Å². The Morgan fingerprint density at radius 3 is 2.59 bits per heavy atom. The maximum Gasteiger partial charge on any atom is 0.408 e. The minimum absolute atomic E-state index is 0.255. The molecule has 1 N–H and O–H groups in total. The molecular formula is C21H28FN3O2. The molecule has 146 valence electrons. The van der Waals surface area contributed by atoms with Gasteiger partial charge in [0.2, 0.25) is 0 Å². The molecule has 27 heavy (non-hydrogen) atoms. The van der Waals surface area contributed by atoms with Crippen molar-refractivity contribution in [1.82, 2.24) is 10.3 Å². The van der Waals surface area contributed by atoms with Crippen molar-refractivity contribution in [2.24, 2.45) is 0 Å². The first kappa shape index (κ1) is 19.4. The van der Waals surface area contributed by atoms with E-state index in [9.17, 15) is 9.18 Å². The molecule has 1 unspecified atom stereocenters. The molecule has 0 saturated carbocycles. The van der Waals surface area contributed by atoms with Crippen molar-refractivity contribution in [1.29, 1.82) is 0 Å². The van der Waals surface area contributed by atoms with Gasteiger partial charge in [0.05, 0.1) is 11.6 Å². The standard InChI is InChI=1S/C21H28FN3O2/c1-13-17(22)9-8-15-12-16(14(2)23-20(26)27-21(3,4)5)19(24-18(13)15)25-10-6-7-11-25/h8-9,12,14H,6-7,10-11H2,1-5H3,(H,23,26). The van der Waals surface area contributed by atoms with E-state index in [4.69, 9.17) is 9.72 Å². The van der Waals surface area contributed by atoms with Crippen LogP contribution in [0.25, 0.3) is 10.9 Å². The Labute approximate surface area is 159 Å². The molecule has 2 heterocycles. The Balaban J connectivity index is 2.00. The van der Waals surface area contributed by atoms with Gasteiger partial charge in [-0.25, -0.2) is 14.2 Å². The normalized spacial score (nSPS) is 15.9. The number of ether oxygens (including phenoxy) is 1. The molecule has 0 bridgehead atoms. The van der Waals surface area contributed by atoms with Crippen LogP contribution >= 0.6 is 0 Å². The number of nitrogens with zero attached hydrogens (tertiary/aromatic N) is 2. The number of nitrogens with one attached hydrogen (secondary N) is 1. The van der Waals surface area contributed by atoms with Crippen molar-refractivity contribution in [3.8, 4) is 0 Å². The number of hydrogen-bond donors (Lipinski definition) is 1. The van der Waals surface area contributed by atoms with Crippen LogP contribution in [0.5, 0.6) is 0 Å². The summed E-state index contributed by atoms with van der Waals surface area (Å²) >= 11 is 0. The molecule has 1 aliphatic rings. The minimum Gasteiger partial charge on any atom is -0.444 e. The van der Waals surface area contributed by atoms with Crippen LogP contribution in [-0.4, -0.2) is 29.8 Å². The number of rotatable bonds is 3. The minimum atomic E-state index is -0.558. The Hall–Kier alpha value is -2.37. The summed E-state index contributed by atoms with van der Waals surface area (Å²) in [6.45, 7) is 11.0. The number of anilines is 1. The summed E-state index contributed by atoms with van der Waals surface area (Å²) in [7, 11) is 0. The van der Waals surface area contributed by atoms with Crippen LogP contribution in [-0.2, 0) is 4.74 Å². The zero-order chi connectivity index (χ0) is 19.8. The highest BCUT2D eigenvalue weighted by molar-refractivity contribution is 5.85. The lowest BCUT2D eigenvalue weighted by molar-refractivity contribution is 0.0508. The zero-order valence-corrected chi connectivity index (χ0v) is 16.7. The van der Waals surface area contributed by atoms with Gasteiger partial charge in [0.15, 0.2) is 0 Å². The van der Waals surface area contributed by atoms with E-state index in [-0.39, 0.29) is 11.9 Å². The van der Waals surface area contributed by atoms with E-state index < -0.39 is 11.7 Å². The molecule has 3 rings (SSSR count). The topological polar surface area (TPSA) is 54.5 Å². The van der Waals surface area contributed by atoms with Crippen LogP contribution < -0.4 is 10.2 Å². The summed E-state index contributed by atoms with van der Waals surface area (Å²) in [4.78, 5) is 19.2. The Kier molecular flexibility index (Phi) is 5.27. The Morgan fingerprint density at radius 2 is 1.96 bits per heavy atom. The summed E-state index contributed by atoms with van der Waals surface area (Å²) < 4.78 is 19.4. The number of hydrogen-bond acceptors (Lipinski definition) is 4. The largest absolute Gasteiger partial charge is 0.444 e. The lowest BCUT2D eigenvalue weighted by Gasteiger charge is -2.26. The molecule has 1 aromatic heterocycles. The number of carbonyl (C=O) groups is 1. The molecule has 2 aromatic rings. The fourth-order valence-electron chi connectivity index (χ4n) is 3.43. The fourth-order valence-corrected chi connectivity index (χ4v) is 3.43. The van der Waals surface area contributed by atoms with E-state index in [1.807, 2.05) is 33.8 Å². The number of halogens is 1. The molecule has 0 aliphatic carbocycles. The van der Waals surface area contributed by atoms with Crippen LogP contribution in [0, 0.1) is 12.7 Å². The van der Waals surface area contributed by atoms with Crippen LogP contribution in [0.15, 0.2) is 18.2 Å². The number of benzene rings is 1. The van der Waals surface area contributed by atoms with Crippen molar-refractivity contribution < 1.29 is 13.9 Å². The van der Waals surface area contributed by atoms with Crippen molar-refractivity contribution in [3.05, 3.63) is 35.1 Å². The molecule has 0 radical (unpaired) electrons. The monoisotopic (exact) mass is 373 g/mol. The highest BCUT2D eigenvalue weighted by Crippen LogP contribution is 2.32. The summed E-state index contributed by atoms with van der Waals surface area (Å²) in [6, 6.07) is 4.93. The number of alkyl carbamates (subject to hydrolysis) is 1. The second kappa shape index (κ2) is 7.33. The van der Waals surface area contributed by atoms with Gasteiger partial charge in [-0.2, -0.15) is 0 Å². The smallest absolute Gasteiger partial charge is 0.408 e.